The Balaban J connectivity index is 2.97. The Labute approximate surface area is 252 Å². The highest BCUT2D eigenvalue weighted by molar-refractivity contribution is 5.70. The molecule has 12 nitrogen and oxygen atoms in total. The molecule has 0 radical (unpaired) electrons. The molecule has 0 N–H and O–H groups in total. The summed E-state index contributed by atoms with van der Waals surface area (Å²) in [7, 11) is 0. The van der Waals surface area contributed by atoms with Crippen molar-refractivity contribution < 1.29 is 38.1 Å². The zero-order valence-electron chi connectivity index (χ0n) is 26.6. The fourth-order valence-corrected chi connectivity index (χ4v) is 4.87. The molecule has 244 valence electrons. The van der Waals surface area contributed by atoms with Gasteiger partial charge < -0.3 is 38.5 Å². The number of nitrogens with zero attached hydrogens (tertiary/aromatic N) is 4. The highest BCUT2D eigenvalue weighted by Gasteiger charge is 2.18. The topological polar surface area (TPSA) is 118 Å². The van der Waals surface area contributed by atoms with Crippen LogP contribution < -0.4 is 0 Å². The first-order valence-electron chi connectivity index (χ1n) is 15.8. The van der Waals surface area contributed by atoms with Gasteiger partial charge in [-0.15, -0.1) is 0 Å². The van der Waals surface area contributed by atoms with E-state index in [1.807, 2.05) is 27.7 Å². The first kappa shape index (κ1) is 37.7. The zero-order valence-corrected chi connectivity index (χ0v) is 26.6. The molecule has 1 fully saturated rings. The third kappa shape index (κ3) is 19.0. The lowest BCUT2D eigenvalue weighted by Gasteiger charge is -2.32. The molecular formula is C30H56N4O8. The summed E-state index contributed by atoms with van der Waals surface area (Å²) < 4.78 is 20.6. The fourth-order valence-electron chi connectivity index (χ4n) is 4.87. The van der Waals surface area contributed by atoms with E-state index in [1.165, 1.54) is 0 Å². The van der Waals surface area contributed by atoms with Crippen LogP contribution in [-0.2, 0) is 38.1 Å². The van der Waals surface area contributed by atoms with E-state index in [1.54, 1.807) is 0 Å². The minimum atomic E-state index is -0.199. The number of hydrogen-bond acceptors (Lipinski definition) is 12. The first-order valence-corrected chi connectivity index (χ1v) is 15.8. The number of carbonyl (C=O) groups is 4. The Morgan fingerprint density at radius 1 is 0.405 bits per heavy atom. The highest BCUT2D eigenvalue weighted by Crippen LogP contribution is 2.07. The van der Waals surface area contributed by atoms with E-state index in [2.05, 4.69) is 19.6 Å². The Hall–Kier alpha value is -2.28. The van der Waals surface area contributed by atoms with Crippen molar-refractivity contribution in [3.8, 4) is 0 Å². The monoisotopic (exact) mass is 600 g/mol. The number of rotatable bonds is 16. The van der Waals surface area contributed by atoms with Crippen LogP contribution in [0.25, 0.3) is 0 Å². The van der Waals surface area contributed by atoms with Crippen molar-refractivity contribution in [1.82, 2.24) is 19.6 Å². The van der Waals surface area contributed by atoms with E-state index in [0.29, 0.717) is 78.3 Å². The molecule has 1 aliphatic rings. The van der Waals surface area contributed by atoms with Gasteiger partial charge in [-0.1, -0.05) is 0 Å². The number of ether oxygens (including phenoxy) is 4. The third-order valence-corrected chi connectivity index (χ3v) is 7.11. The molecule has 1 heterocycles. The molecule has 0 atom stereocenters. The van der Waals surface area contributed by atoms with Gasteiger partial charge in [-0.05, 0) is 66.7 Å². The van der Waals surface area contributed by atoms with Crippen molar-refractivity contribution in [3.63, 3.8) is 0 Å². The molecule has 0 saturated carbocycles. The van der Waals surface area contributed by atoms with Crippen LogP contribution in [0.2, 0.25) is 0 Å². The molecule has 1 aliphatic heterocycles. The maximum absolute atomic E-state index is 12.1. The maximum atomic E-state index is 12.1. The van der Waals surface area contributed by atoms with Gasteiger partial charge in [0, 0.05) is 52.4 Å². The van der Waals surface area contributed by atoms with Crippen LogP contribution in [0.1, 0.15) is 66.2 Å². The Morgan fingerprint density at radius 3 is 0.810 bits per heavy atom. The summed E-state index contributed by atoms with van der Waals surface area (Å²) in [6.07, 6.45) is 3.07. The van der Waals surface area contributed by atoms with Crippen molar-refractivity contribution in [2.24, 2.45) is 0 Å². The quantitative estimate of drug-likeness (QED) is 0.190. The van der Waals surface area contributed by atoms with Crippen LogP contribution in [0.5, 0.6) is 0 Å². The van der Waals surface area contributed by atoms with Crippen LogP contribution in [0, 0.1) is 0 Å². The molecule has 0 aromatic carbocycles. The number of esters is 4. The lowest BCUT2D eigenvalue weighted by atomic mass is 10.2. The SMILES string of the molecule is CCOC(=O)CCN1CCCN(CCC(=O)OCC)CCN(CCC(=O)OCC)CCCN(CCC(=O)OCC)CC1. The van der Waals surface area contributed by atoms with E-state index < -0.39 is 0 Å². The Morgan fingerprint density at radius 2 is 0.619 bits per heavy atom. The van der Waals surface area contributed by atoms with Gasteiger partial charge in [0.15, 0.2) is 0 Å². The van der Waals surface area contributed by atoms with Crippen molar-refractivity contribution in [2.45, 2.75) is 66.2 Å². The van der Waals surface area contributed by atoms with Gasteiger partial charge >= 0.3 is 23.9 Å². The maximum Gasteiger partial charge on any atom is 0.307 e. The van der Waals surface area contributed by atoms with Crippen molar-refractivity contribution in [2.75, 3.05) is 105 Å². The summed E-state index contributed by atoms with van der Waals surface area (Å²) in [5.74, 6) is -0.796. The third-order valence-electron chi connectivity index (χ3n) is 7.11. The standard InChI is InChI=1S/C30H56N4O8/c1-5-39-27(35)11-19-31-15-9-16-33(21-13-29(37)41-7-3)25-26-34(22-14-30(38)42-8-4)18-10-17-32(24-23-31)20-12-28(36)40-6-2/h5-26H2,1-4H3. The summed E-state index contributed by atoms with van der Waals surface area (Å²) in [6.45, 7) is 17.4. The molecular weight excluding hydrogens is 544 g/mol. The molecule has 0 unspecified atom stereocenters. The number of hydrogen-bond donors (Lipinski definition) is 0. The van der Waals surface area contributed by atoms with Crippen LogP contribution in [0.3, 0.4) is 0 Å². The molecule has 0 amide bonds. The van der Waals surface area contributed by atoms with Crippen LogP contribution in [0.4, 0.5) is 0 Å². The molecule has 0 spiro atoms. The molecule has 0 bridgehead atoms. The second-order valence-corrected chi connectivity index (χ2v) is 10.3. The minimum Gasteiger partial charge on any atom is -0.466 e. The van der Waals surface area contributed by atoms with Crippen LogP contribution in [0.15, 0.2) is 0 Å². The summed E-state index contributed by atoms with van der Waals surface area (Å²) >= 11 is 0. The van der Waals surface area contributed by atoms with Gasteiger partial charge in [-0.3, -0.25) is 19.2 Å². The van der Waals surface area contributed by atoms with E-state index in [-0.39, 0.29) is 23.9 Å². The normalized spacial score (nSPS) is 17.2. The smallest absolute Gasteiger partial charge is 0.307 e. The first-order chi connectivity index (χ1) is 20.3. The van der Waals surface area contributed by atoms with Crippen molar-refractivity contribution >= 4 is 23.9 Å². The van der Waals surface area contributed by atoms with Gasteiger partial charge in [0.2, 0.25) is 0 Å². The van der Waals surface area contributed by atoms with Gasteiger partial charge in [0.1, 0.15) is 0 Å². The summed E-state index contributed by atoms with van der Waals surface area (Å²) in [5, 5.41) is 0. The second-order valence-electron chi connectivity index (χ2n) is 10.3. The fraction of sp³-hybridized carbons (Fsp3) is 0.867. The average molecular weight is 601 g/mol. The summed E-state index contributed by atoms with van der Waals surface area (Å²) in [4.78, 5) is 57.4. The molecule has 1 rings (SSSR count). The molecule has 42 heavy (non-hydrogen) atoms. The van der Waals surface area contributed by atoms with Gasteiger partial charge in [0.05, 0.1) is 52.1 Å². The average Bonchev–Trinajstić information content (AvgIpc) is 2.95. The van der Waals surface area contributed by atoms with Crippen molar-refractivity contribution in [3.05, 3.63) is 0 Å². The summed E-state index contributed by atoms with van der Waals surface area (Å²) in [6, 6.07) is 0. The Bertz CT molecular complexity index is 648. The van der Waals surface area contributed by atoms with Gasteiger partial charge in [0.25, 0.3) is 0 Å². The minimum absolute atomic E-state index is 0.199. The van der Waals surface area contributed by atoms with Gasteiger partial charge in [-0.25, -0.2) is 0 Å². The second kappa shape index (κ2) is 24.2. The predicted octanol–water partition coefficient (Wildman–Crippen LogP) is 1.80. The van der Waals surface area contributed by atoms with Crippen molar-refractivity contribution in [1.29, 1.82) is 0 Å². The molecule has 0 aromatic heterocycles. The predicted molar refractivity (Wildman–Crippen MR) is 160 cm³/mol. The lowest BCUT2D eigenvalue weighted by Crippen LogP contribution is -2.42. The van der Waals surface area contributed by atoms with E-state index >= 15 is 0 Å². The largest absolute Gasteiger partial charge is 0.466 e. The molecule has 1 saturated heterocycles. The zero-order chi connectivity index (χ0) is 31.0. The molecule has 0 aliphatic carbocycles. The van der Waals surface area contributed by atoms with Crippen LogP contribution >= 0.6 is 0 Å². The summed E-state index contributed by atoms with van der Waals surface area (Å²) in [5.41, 5.74) is 0. The highest BCUT2D eigenvalue weighted by atomic mass is 16.5. The molecule has 12 heteroatoms. The molecule has 0 aromatic rings. The van der Waals surface area contributed by atoms with E-state index in [0.717, 1.165) is 65.2 Å². The lowest BCUT2D eigenvalue weighted by molar-refractivity contribution is -0.144. The Kier molecular flexibility index (Phi) is 21.7. The van der Waals surface area contributed by atoms with E-state index in [9.17, 15) is 19.2 Å². The van der Waals surface area contributed by atoms with E-state index in [4.69, 9.17) is 18.9 Å². The van der Waals surface area contributed by atoms with Crippen LogP contribution in [-0.4, -0.2) is 148 Å². The number of carbonyl (C=O) groups excluding carboxylic acids is 4. The van der Waals surface area contributed by atoms with Gasteiger partial charge in [-0.2, -0.15) is 0 Å².